The van der Waals surface area contributed by atoms with Gasteiger partial charge >= 0.3 is 0 Å². The number of hydrogen-bond donors (Lipinski definition) is 0. The van der Waals surface area contributed by atoms with Crippen LogP contribution in [0, 0.1) is 5.41 Å². The molecule has 0 aromatic heterocycles. The monoisotopic (exact) mass is 204 g/mol. The molecule has 2 unspecified atom stereocenters. The van der Waals surface area contributed by atoms with Gasteiger partial charge < -0.3 is 4.74 Å². The Morgan fingerprint density at radius 2 is 2.07 bits per heavy atom. The van der Waals surface area contributed by atoms with E-state index >= 15 is 0 Å². The average molecular weight is 204 g/mol. The Balaban J connectivity index is 2.06. The third-order valence-electron chi connectivity index (χ3n) is 3.47. The first-order valence-corrected chi connectivity index (χ1v) is 5.42. The van der Waals surface area contributed by atoms with E-state index in [1.165, 1.54) is 0 Å². The van der Waals surface area contributed by atoms with Crippen molar-refractivity contribution in [1.29, 1.82) is 0 Å². The zero-order valence-electron chi connectivity index (χ0n) is 9.19. The summed E-state index contributed by atoms with van der Waals surface area (Å²) in [7, 11) is 0. The number of carbonyl (C=O) groups is 1. The van der Waals surface area contributed by atoms with Gasteiger partial charge in [0.2, 0.25) is 0 Å². The molecule has 0 N–H and O–H groups in total. The fourth-order valence-corrected chi connectivity index (χ4v) is 1.94. The number of rotatable bonds is 3. The first-order valence-electron chi connectivity index (χ1n) is 5.42. The van der Waals surface area contributed by atoms with Crippen LogP contribution >= 0.6 is 0 Å². The van der Waals surface area contributed by atoms with Gasteiger partial charge in [-0.3, -0.25) is 4.79 Å². The Morgan fingerprint density at radius 1 is 1.40 bits per heavy atom. The number of carbonyl (C=O) groups excluding carboxylic acids is 1. The molecule has 0 aliphatic heterocycles. The van der Waals surface area contributed by atoms with Gasteiger partial charge in [0, 0.05) is 6.42 Å². The van der Waals surface area contributed by atoms with Crippen molar-refractivity contribution in [2.24, 2.45) is 5.41 Å². The van der Waals surface area contributed by atoms with Gasteiger partial charge in [-0.1, -0.05) is 25.1 Å². The highest BCUT2D eigenvalue weighted by Gasteiger charge is 2.51. The summed E-state index contributed by atoms with van der Waals surface area (Å²) in [5.74, 6) is 1.18. The summed E-state index contributed by atoms with van der Waals surface area (Å²) in [4.78, 5) is 11.5. The molecule has 1 aromatic rings. The van der Waals surface area contributed by atoms with Gasteiger partial charge in [0.25, 0.3) is 0 Å². The van der Waals surface area contributed by atoms with Crippen LogP contribution in [-0.4, -0.2) is 11.9 Å². The Bertz CT molecular complexity index is 358. The molecule has 80 valence electrons. The van der Waals surface area contributed by atoms with E-state index in [-0.39, 0.29) is 11.5 Å². The number of hydrogen-bond acceptors (Lipinski definition) is 2. The molecule has 1 aliphatic carbocycles. The van der Waals surface area contributed by atoms with Crippen molar-refractivity contribution in [3.8, 4) is 5.75 Å². The summed E-state index contributed by atoms with van der Waals surface area (Å²) in [5.41, 5.74) is -0.268. The standard InChI is InChI=1S/C13H16O2/c1-3-13(2)11(14)9-12(13)15-10-7-5-4-6-8-10/h4-8,12H,3,9H2,1-2H3. The second-order valence-corrected chi connectivity index (χ2v) is 4.32. The van der Waals surface area contributed by atoms with Crippen LogP contribution in [0.4, 0.5) is 0 Å². The summed E-state index contributed by atoms with van der Waals surface area (Å²) in [5, 5.41) is 0. The quantitative estimate of drug-likeness (QED) is 0.756. The number of benzene rings is 1. The van der Waals surface area contributed by atoms with Crippen LogP contribution in [0.3, 0.4) is 0 Å². The maximum atomic E-state index is 11.5. The van der Waals surface area contributed by atoms with Gasteiger partial charge in [0.15, 0.2) is 0 Å². The molecule has 0 radical (unpaired) electrons. The van der Waals surface area contributed by atoms with Gasteiger partial charge in [-0.15, -0.1) is 0 Å². The Morgan fingerprint density at radius 3 is 2.60 bits per heavy atom. The highest BCUT2D eigenvalue weighted by molar-refractivity contribution is 5.92. The van der Waals surface area contributed by atoms with Crippen LogP contribution in [-0.2, 0) is 4.79 Å². The summed E-state index contributed by atoms with van der Waals surface area (Å²) < 4.78 is 5.81. The number of ketones is 1. The van der Waals surface area contributed by atoms with Gasteiger partial charge in [0.05, 0.1) is 5.41 Å². The zero-order valence-corrected chi connectivity index (χ0v) is 9.19. The van der Waals surface area contributed by atoms with Gasteiger partial charge in [-0.25, -0.2) is 0 Å². The molecule has 2 nitrogen and oxygen atoms in total. The summed E-state index contributed by atoms with van der Waals surface area (Å²) in [6.07, 6.45) is 1.46. The summed E-state index contributed by atoms with van der Waals surface area (Å²) >= 11 is 0. The average Bonchev–Trinajstić information content (AvgIpc) is 2.29. The van der Waals surface area contributed by atoms with Crippen molar-refractivity contribution in [2.45, 2.75) is 32.8 Å². The Labute approximate surface area is 90.3 Å². The van der Waals surface area contributed by atoms with E-state index in [1.54, 1.807) is 0 Å². The van der Waals surface area contributed by atoms with E-state index < -0.39 is 0 Å². The summed E-state index contributed by atoms with van der Waals surface area (Å²) in [6.45, 7) is 4.03. The summed E-state index contributed by atoms with van der Waals surface area (Å²) in [6, 6.07) is 9.70. The second-order valence-electron chi connectivity index (χ2n) is 4.32. The number of para-hydroxylation sites is 1. The van der Waals surface area contributed by atoms with E-state index in [1.807, 2.05) is 44.2 Å². The SMILES string of the molecule is CCC1(C)C(=O)CC1Oc1ccccc1. The lowest BCUT2D eigenvalue weighted by molar-refractivity contribution is -0.150. The molecule has 1 aromatic carbocycles. The van der Waals surface area contributed by atoms with E-state index in [2.05, 4.69) is 0 Å². The predicted octanol–water partition coefficient (Wildman–Crippen LogP) is 2.82. The maximum Gasteiger partial charge on any atom is 0.146 e. The van der Waals surface area contributed by atoms with Crippen LogP contribution in [0.2, 0.25) is 0 Å². The van der Waals surface area contributed by atoms with Crippen LogP contribution in [0.15, 0.2) is 30.3 Å². The van der Waals surface area contributed by atoms with Crippen molar-refractivity contribution < 1.29 is 9.53 Å². The smallest absolute Gasteiger partial charge is 0.146 e. The number of ether oxygens (including phenoxy) is 1. The Kier molecular flexibility index (Phi) is 2.51. The molecule has 2 atom stereocenters. The molecule has 0 spiro atoms. The van der Waals surface area contributed by atoms with Gasteiger partial charge in [-0.2, -0.15) is 0 Å². The molecule has 0 amide bonds. The van der Waals surface area contributed by atoms with Crippen LogP contribution in [0.5, 0.6) is 5.75 Å². The van der Waals surface area contributed by atoms with E-state index in [0.29, 0.717) is 12.2 Å². The topological polar surface area (TPSA) is 26.3 Å². The lowest BCUT2D eigenvalue weighted by atomic mass is 9.64. The van der Waals surface area contributed by atoms with Gasteiger partial charge in [0.1, 0.15) is 17.6 Å². The highest BCUT2D eigenvalue weighted by atomic mass is 16.5. The minimum absolute atomic E-state index is 0.0531. The van der Waals surface area contributed by atoms with Crippen molar-refractivity contribution in [2.75, 3.05) is 0 Å². The molecule has 0 bridgehead atoms. The van der Waals surface area contributed by atoms with Crippen molar-refractivity contribution in [1.82, 2.24) is 0 Å². The lowest BCUT2D eigenvalue weighted by Gasteiger charge is -2.44. The largest absolute Gasteiger partial charge is 0.489 e. The molecular formula is C13H16O2. The minimum atomic E-state index is -0.268. The van der Waals surface area contributed by atoms with Crippen molar-refractivity contribution >= 4 is 5.78 Å². The van der Waals surface area contributed by atoms with Crippen LogP contribution in [0.1, 0.15) is 26.7 Å². The third kappa shape index (κ3) is 1.65. The first-order chi connectivity index (χ1) is 7.16. The third-order valence-corrected chi connectivity index (χ3v) is 3.47. The Hall–Kier alpha value is -1.31. The van der Waals surface area contributed by atoms with Crippen molar-refractivity contribution in [3.63, 3.8) is 0 Å². The van der Waals surface area contributed by atoms with E-state index in [4.69, 9.17) is 4.74 Å². The highest BCUT2D eigenvalue weighted by Crippen LogP contribution is 2.42. The zero-order chi connectivity index (χ0) is 10.9. The van der Waals surface area contributed by atoms with Gasteiger partial charge in [-0.05, 0) is 25.5 Å². The fraction of sp³-hybridized carbons (Fsp3) is 0.462. The predicted molar refractivity (Wildman–Crippen MR) is 58.9 cm³/mol. The fourth-order valence-electron chi connectivity index (χ4n) is 1.94. The van der Waals surface area contributed by atoms with Crippen molar-refractivity contribution in [3.05, 3.63) is 30.3 Å². The molecular weight excluding hydrogens is 188 g/mol. The molecule has 2 heteroatoms. The molecule has 0 saturated heterocycles. The molecule has 0 heterocycles. The molecule has 1 fully saturated rings. The first kappa shape index (κ1) is 10.2. The minimum Gasteiger partial charge on any atom is -0.489 e. The van der Waals surface area contributed by atoms with Crippen LogP contribution in [0.25, 0.3) is 0 Å². The molecule has 1 saturated carbocycles. The van der Waals surface area contributed by atoms with E-state index in [9.17, 15) is 4.79 Å². The van der Waals surface area contributed by atoms with E-state index in [0.717, 1.165) is 12.2 Å². The lowest BCUT2D eigenvalue weighted by Crippen LogP contribution is -2.54. The molecule has 1 aliphatic rings. The molecule has 15 heavy (non-hydrogen) atoms. The normalized spacial score (nSPS) is 29.7. The second kappa shape index (κ2) is 3.69. The number of Topliss-reactive ketones (excluding diaryl/α,β-unsaturated/α-hetero) is 1. The maximum absolute atomic E-state index is 11.5. The van der Waals surface area contributed by atoms with Crippen LogP contribution < -0.4 is 4.74 Å². The molecule has 2 rings (SSSR count).